The number of rotatable bonds is 9. The number of amides is 2. The van der Waals surface area contributed by atoms with Crippen LogP contribution in [0.15, 0.2) is 42.5 Å². The highest BCUT2D eigenvalue weighted by molar-refractivity contribution is 6.35. The molecule has 2 amide bonds. The summed E-state index contributed by atoms with van der Waals surface area (Å²) in [6, 6.07) is 13.1. The fourth-order valence-electron chi connectivity index (χ4n) is 4.10. The normalized spacial score (nSPS) is 14.9. The average molecular weight is 490 g/mol. The van der Waals surface area contributed by atoms with Gasteiger partial charge < -0.3 is 15.5 Å². The second-order valence-corrected chi connectivity index (χ2v) is 9.88. The zero-order chi connectivity index (χ0) is 23.8. The van der Waals surface area contributed by atoms with Gasteiger partial charge in [-0.15, -0.1) is 0 Å². The predicted molar refractivity (Wildman–Crippen MR) is 136 cm³/mol. The molecule has 0 bridgehead atoms. The van der Waals surface area contributed by atoms with Crippen molar-refractivity contribution in [3.63, 3.8) is 0 Å². The quantitative estimate of drug-likeness (QED) is 0.426. The smallest absolute Gasteiger partial charge is 0.251 e. The second kappa shape index (κ2) is 12.4. The first-order valence-corrected chi connectivity index (χ1v) is 12.4. The maximum Gasteiger partial charge on any atom is 0.251 e. The number of carbonyl (C=O) groups is 2. The first kappa shape index (κ1) is 25.5. The monoisotopic (exact) mass is 489 g/mol. The van der Waals surface area contributed by atoms with E-state index < -0.39 is 0 Å². The number of hydrogen-bond donors (Lipinski definition) is 2. The number of unbranched alkanes of at least 4 members (excludes halogenated alkanes) is 1. The zero-order valence-electron chi connectivity index (χ0n) is 19.4. The summed E-state index contributed by atoms with van der Waals surface area (Å²) in [4.78, 5) is 26.7. The highest BCUT2D eigenvalue weighted by Crippen LogP contribution is 2.29. The summed E-state index contributed by atoms with van der Waals surface area (Å²) >= 11 is 11.9. The van der Waals surface area contributed by atoms with Crippen molar-refractivity contribution in [2.45, 2.75) is 45.4 Å². The lowest BCUT2D eigenvalue weighted by molar-refractivity contribution is -0.118. The molecule has 0 radical (unpaired) electrons. The standard InChI is InChI=1S/C26H33Cl2N3O2/c1-18(2)25(32)30-24-7-5-6-20(16-24)19-8-12-31(13-9-19)11-4-3-10-29-26(33)21-14-22(27)17-23(28)15-21/h5-7,14-19H,3-4,8-13H2,1-2H3,(H,29,33)(H,30,32). The third-order valence-electron chi connectivity index (χ3n) is 6.05. The number of likely N-dealkylation sites (tertiary alicyclic amines) is 1. The number of piperidine rings is 1. The Morgan fingerprint density at radius 1 is 1.03 bits per heavy atom. The van der Waals surface area contributed by atoms with Crippen molar-refractivity contribution in [3.05, 3.63) is 63.6 Å². The Kier molecular flexibility index (Phi) is 9.60. The Bertz CT molecular complexity index is 936. The first-order chi connectivity index (χ1) is 15.8. The molecule has 1 heterocycles. The molecule has 0 unspecified atom stereocenters. The van der Waals surface area contributed by atoms with Gasteiger partial charge in [0, 0.05) is 33.8 Å². The van der Waals surface area contributed by atoms with E-state index >= 15 is 0 Å². The minimum Gasteiger partial charge on any atom is -0.352 e. The van der Waals surface area contributed by atoms with E-state index in [0.29, 0.717) is 28.1 Å². The lowest BCUT2D eigenvalue weighted by Gasteiger charge is -2.32. The van der Waals surface area contributed by atoms with Crippen LogP contribution in [0.1, 0.15) is 61.4 Å². The van der Waals surface area contributed by atoms with E-state index in [1.807, 2.05) is 26.0 Å². The Balaban J connectivity index is 1.35. The molecule has 0 aliphatic carbocycles. The summed E-state index contributed by atoms with van der Waals surface area (Å²) < 4.78 is 0. The average Bonchev–Trinajstić information content (AvgIpc) is 2.78. The summed E-state index contributed by atoms with van der Waals surface area (Å²) in [5.74, 6) is 0.406. The number of benzene rings is 2. The van der Waals surface area contributed by atoms with Crippen LogP contribution in [0.2, 0.25) is 10.0 Å². The number of hydrogen-bond acceptors (Lipinski definition) is 3. The SMILES string of the molecule is CC(C)C(=O)Nc1cccc(C2CCN(CCCCNC(=O)c3cc(Cl)cc(Cl)c3)CC2)c1. The highest BCUT2D eigenvalue weighted by Gasteiger charge is 2.20. The molecule has 2 aromatic rings. The molecule has 2 N–H and O–H groups in total. The van der Waals surface area contributed by atoms with Gasteiger partial charge in [-0.25, -0.2) is 0 Å². The van der Waals surface area contributed by atoms with Gasteiger partial charge in [0.2, 0.25) is 5.91 Å². The van der Waals surface area contributed by atoms with Crippen LogP contribution >= 0.6 is 23.2 Å². The van der Waals surface area contributed by atoms with Crippen LogP contribution in [0.4, 0.5) is 5.69 Å². The summed E-state index contributed by atoms with van der Waals surface area (Å²) in [6.45, 7) is 7.61. The van der Waals surface area contributed by atoms with Crippen LogP contribution < -0.4 is 10.6 Å². The lowest BCUT2D eigenvalue weighted by atomic mass is 9.89. The topological polar surface area (TPSA) is 61.4 Å². The molecule has 178 valence electrons. The van der Waals surface area contributed by atoms with Crippen LogP contribution in [0.3, 0.4) is 0 Å². The van der Waals surface area contributed by atoms with E-state index in [1.54, 1.807) is 18.2 Å². The van der Waals surface area contributed by atoms with Crippen molar-refractivity contribution in [3.8, 4) is 0 Å². The van der Waals surface area contributed by atoms with Crippen LogP contribution in [-0.4, -0.2) is 42.9 Å². The molecule has 1 fully saturated rings. The minimum atomic E-state index is -0.146. The largest absolute Gasteiger partial charge is 0.352 e. The molecule has 0 aromatic heterocycles. The number of halogens is 2. The summed E-state index contributed by atoms with van der Waals surface area (Å²) in [5.41, 5.74) is 2.68. The van der Waals surface area contributed by atoms with E-state index in [1.165, 1.54) is 5.56 Å². The van der Waals surface area contributed by atoms with E-state index in [4.69, 9.17) is 23.2 Å². The number of nitrogens with one attached hydrogen (secondary N) is 2. The molecule has 1 aliphatic rings. The van der Waals surface area contributed by atoms with E-state index in [9.17, 15) is 9.59 Å². The molecule has 1 saturated heterocycles. The van der Waals surface area contributed by atoms with Gasteiger partial charge in [0.25, 0.3) is 5.91 Å². The van der Waals surface area contributed by atoms with Crippen molar-refractivity contribution in [1.82, 2.24) is 10.2 Å². The van der Waals surface area contributed by atoms with Crippen LogP contribution in [0.5, 0.6) is 0 Å². The Hall–Kier alpha value is -2.08. The van der Waals surface area contributed by atoms with E-state index in [0.717, 1.165) is 51.0 Å². The van der Waals surface area contributed by atoms with Gasteiger partial charge in [0.15, 0.2) is 0 Å². The Morgan fingerprint density at radius 2 is 1.73 bits per heavy atom. The lowest BCUT2D eigenvalue weighted by Crippen LogP contribution is -2.34. The molecule has 3 rings (SSSR count). The maximum atomic E-state index is 12.2. The molecule has 5 nitrogen and oxygen atoms in total. The molecular formula is C26H33Cl2N3O2. The maximum absolute atomic E-state index is 12.2. The van der Waals surface area contributed by atoms with Gasteiger partial charge in [-0.1, -0.05) is 49.2 Å². The second-order valence-electron chi connectivity index (χ2n) is 9.01. The molecular weight excluding hydrogens is 457 g/mol. The van der Waals surface area contributed by atoms with Crippen molar-refractivity contribution < 1.29 is 9.59 Å². The fraction of sp³-hybridized carbons (Fsp3) is 0.462. The Labute approximate surface area is 206 Å². The van der Waals surface area contributed by atoms with E-state index in [2.05, 4.69) is 27.7 Å². The fourth-order valence-corrected chi connectivity index (χ4v) is 4.62. The third kappa shape index (κ3) is 8.02. The van der Waals surface area contributed by atoms with Crippen molar-refractivity contribution in [2.24, 2.45) is 5.92 Å². The predicted octanol–water partition coefficient (Wildman–Crippen LogP) is 5.98. The molecule has 0 atom stereocenters. The van der Waals surface area contributed by atoms with Gasteiger partial charge in [-0.05, 0) is 87.1 Å². The number of carbonyl (C=O) groups excluding carboxylic acids is 2. The molecule has 1 aliphatic heterocycles. The van der Waals surface area contributed by atoms with Gasteiger partial charge in [-0.3, -0.25) is 9.59 Å². The third-order valence-corrected chi connectivity index (χ3v) is 6.49. The van der Waals surface area contributed by atoms with Gasteiger partial charge in [-0.2, -0.15) is 0 Å². The van der Waals surface area contributed by atoms with Crippen molar-refractivity contribution >= 4 is 40.7 Å². The summed E-state index contributed by atoms with van der Waals surface area (Å²) in [6.07, 6.45) is 4.21. The van der Waals surface area contributed by atoms with Crippen LogP contribution in [-0.2, 0) is 4.79 Å². The van der Waals surface area contributed by atoms with Crippen molar-refractivity contribution in [1.29, 1.82) is 0 Å². The molecule has 0 saturated carbocycles. The summed E-state index contributed by atoms with van der Waals surface area (Å²) in [5, 5.41) is 6.86. The molecule has 2 aromatic carbocycles. The van der Waals surface area contributed by atoms with Crippen LogP contribution in [0, 0.1) is 5.92 Å². The number of anilines is 1. The number of nitrogens with zero attached hydrogens (tertiary/aromatic N) is 1. The highest BCUT2D eigenvalue weighted by atomic mass is 35.5. The minimum absolute atomic E-state index is 0.0273. The van der Waals surface area contributed by atoms with Crippen LogP contribution in [0.25, 0.3) is 0 Å². The van der Waals surface area contributed by atoms with Gasteiger partial charge in [0.05, 0.1) is 0 Å². The first-order valence-electron chi connectivity index (χ1n) is 11.7. The van der Waals surface area contributed by atoms with Crippen molar-refractivity contribution in [2.75, 3.05) is 31.5 Å². The molecule has 0 spiro atoms. The zero-order valence-corrected chi connectivity index (χ0v) is 20.9. The van der Waals surface area contributed by atoms with Gasteiger partial charge in [0.1, 0.15) is 0 Å². The Morgan fingerprint density at radius 3 is 2.39 bits per heavy atom. The molecule has 7 heteroatoms. The van der Waals surface area contributed by atoms with E-state index in [-0.39, 0.29) is 17.7 Å². The molecule has 33 heavy (non-hydrogen) atoms. The summed E-state index contributed by atoms with van der Waals surface area (Å²) in [7, 11) is 0. The van der Waals surface area contributed by atoms with Gasteiger partial charge >= 0.3 is 0 Å².